The second-order valence-electron chi connectivity index (χ2n) is 6.36. The molecule has 0 saturated carbocycles. The quantitative estimate of drug-likeness (QED) is 0.906. The molecule has 2 N–H and O–H groups in total. The summed E-state index contributed by atoms with van der Waals surface area (Å²) in [5.74, 6) is 0.191. The van der Waals surface area contributed by atoms with Gasteiger partial charge in [0.25, 0.3) is 5.91 Å². The van der Waals surface area contributed by atoms with Crippen LogP contribution in [0.15, 0.2) is 18.2 Å². The number of primary amides is 1. The highest BCUT2D eigenvalue weighted by Crippen LogP contribution is 2.26. The van der Waals surface area contributed by atoms with Gasteiger partial charge in [-0.3, -0.25) is 9.59 Å². The van der Waals surface area contributed by atoms with Crippen LogP contribution in [0.25, 0.3) is 0 Å². The Kier molecular flexibility index (Phi) is 4.05. The first-order chi connectivity index (χ1) is 10.5. The number of nitrogens with two attached hydrogens (primary N) is 1. The summed E-state index contributed by atoms with van der Waals surface area (Å²) in [4.78, 5) is 25.2. The number of nitrogens with zero attached hydrogens (tertiary/aromatic N) is 1. The Bertz CT molecular complexity index is 600. The lowest BCUT2D eigenvalue weighted by molar-refractivity contribution is -0.132. The highest BCUT2D eigenvalue weighted by molar-refractivity contribution is 5.82. The number of likely N-dealkylation sites (tertiary alicyclic amines) is 1. The van der Waals surface area contributed by atoms with Gasteiger partial charge in [0, 0.05) is 13.1 Å². The molecule has 0 bridgehead atoms. The Morgan fingerprint density at radius 2 is 2.05 bits per heavy atom. The molecule has 0 aromatic heterocycles. The van der Waals surface area contributed by atoms with E-state index >= 15 is 0 Å². The SMILES string of the molecule is C[C@@H]1CN(C(=O)COc2ccc3c(c2)CCC3)C[C@H]1C(N)=O. The molecule has 2 atom stereocenters. The van der Waals surface area contributed by atoms with Crippen molar-refractivity contribution in [1.29, 1.82) is 0 Å². The lowest BCUT2D eigenvalue weighted by atomic mass is 9.98. The van der Waals surface area contributed by atoms with Crippen LogP contribution in [-0.4, -0.2) is 36.4 Å². The molecule has 1 heterocycles. The molecule has 0 radical (unpaired) electrons. The second kappa shape index (κ2) is 5.99. The summed E-state index contributed by atoms with van der Waals surface area (Å²) >= 11 is 0. The molecule has 5 nitrogen and oxygen atoms in total. The summed E-state index contributed by atoms with van der Waals surface area (Å²) in [6, 6.07) is 6.05. The molecule has 1 aromatic carbocycles. The van der Waals surface area contributed by atoms with Crippen LogP contribution in [0, 0.1) is 11.8 Å². The average molecular weight is 302 g/mol. The third-order valence-corrected chi connectivity index (χ3v) is 4.76. The molecule has 1 aliphatic carbocycles. The largest absolute Gasteiger partial charge is 0.484 e. The molecule has 1 aliphatic heterocycles. The number of benzene rings is 1. The molecule has 2 amide bonds. The van der Waals surface area contributed by atoms with Crippen molar-refractivity contribution in [3.63, 3.8) is 0 Å². The molecule has 22 heavy (non-hydrogen) atoms. The van der Waals surface area contributed by atoms with Gasteiger partial charge in [0.1, 0.15) is 5.75 Å². The lowest BCUT2D eigenvalue weighted by Crippen LogP contribution is -2.34. The summed E-state index contributed by atoms with van der Waals surface area (Å²) in [6.45, 7) is 2.93. The minimum Gasteiger partial charge on any atom is -0.484 e. The molecule has 2 aliphatic rings. The number of carbonyl (C=O) groups is 2. The maximum atomic E-state index is 12.2. The average Bonchev–Trinajstić information content (AvgIpc) is 3.10. The Hall–Kier alpha value is -2.04. The topological polar surface area (TPSA) is 72.6 Å². The number of hydrogen-bond acceptors (Lipinski definition) is 3. The van der Waals surface area contributed by atoms with Crippen LogP contribution in [0.3, 0.4) is 0 Å². The van der Waals surface area contributed by atoms with Gasteiger partial charge in [0.05, 0.1) is 5.92 Å². The van der Waals surface area contributed by atoms with Crippen molar-refractivity contribution in [3.05, 3.63) is 29.3 Å². The predicted octanol–water partition coefficient (Wildman–Crippen LogP) is 1.13. The van der Waals surface area contributed by atoms with E-state index in [-0.39, 0.29) is 30.3 Å². The number of amides is 2. The van der Waals surface area contributed by atoms with Crippen molar-refractivity contribution in [2.75, 3.05) is 19.7 Å². The van der Waals surface area contributed by atoms with Crippen LogP contribution >= 0.6 is 0 Å². The van der Waals surface area contributed by atoms with Crippen LogP contribution in [0.1, 0.15) is 24.5 Å². The zero-order valence-corrected chi connectivity index (χ0v) is 12.9. The highest BCUT2D eigenvalue weighted by Gasteiger charge is 2.35. The molecular formula is C17H22N2O3. The zero-order chi connectivity index (χ0) is 15.7. The van der Waals surface area contributed by atoms with Gasteiger partial charge >= 0.3 is 0 Å². The standard InChI is InChI=1S/C17H22N2O3/c1-11-8-19(9-15(11)17(18)21)16(20)10-22-14-6-5-12-3-2-4-13(12)7-14/h5-7,11,15H,2-4,8-10H2,1H3,(H2,18,21)/t11-,15-/m1/s1. The summed E-state index contributed by atoms with van der Waals surface area (Å²) in [7, 11) is 0. The maximum absolute atomic E-state index is 12.2. The third-order valence-electron chi connectivity index (χ3n) is 4.76. The smallest absolute Gasteiger partial charge is 0.260 e. The monoisotopic (exact) mass is 302 g/mol. The Morgan fingerprint density at radius 3 is 2.77 bits per heavy atom. The van der Waals surface area contributed by atoms with Crippen molar-refractivity contribution in [2.24, 2.45) is 17.6 Å². The first-order valence-electron chi connectivity index (χ1n) is 7.86. The van der Waals surface area contributed by atoms with Crippen LogP contribution in [0.2, 0.25) is 0 Å². The molecule has 1 fully saturated rings. The Morgan fingerprint density at radius 1 is 1.27 bits per heavy atom. The molecule has 0 unspecified atom stereocenters. The summed E-state index contributed by atoms with van der Waals surface area (Å²) in [5.41, 5.74) is 8.07. The van der Waals surface area contributed by atoms with Gasteiger partial charge in [-0.25, -0.2) is 0 Å². The van der Waals surface area contributed by atoms with Gasteiger partial charge < -0.3 is 15.4 Å². The Labute approximate surface area is 130 Å². The minimum atomic E-state index is -0.331. The number of aryl methyl sites for hydroxylation is 2. The highest BCUT2D eigenvalue weighted by atomic mass is 16.5. The van der Waals surface area contributed by atoms with Gasteiger partial charge in [-0.05, 0) is 48.4 Å². The normalized spacial score (nSPS) is 23.4. The van der Waals surface area contributed by atoms with E-state index in [9.17, 15) is 9.59 Å². The molecule has 0 spiro atoms. The first-order valence-corrected chi connectivity index (χ1v) is 7.86. The summed E-state index contributed by atoms with van der Waals surface area (Å²) in [5, 5.41) is 0. The van der Waals surface area contributed by atoms with Crippen molar-refractivity contribution in [1.82, 2.24) is 4.90 Å². The van der Waals surface area contributed by atoms with E-state index in [1.165, 1.54) is 17.5 Å². The van der Waals surface area contributed by atoms with Crippen LogP contribution in [0.4, 0.5) is 0 Å². The fraction of sp³-hybridized carbons (Fsp3) is 0.529. The van der Waals surface area contributed by atoms with Gasteiger partial charge in [-0.15, -0.1) is 0 Å². The fourth-order valence-corrected chi connectivity index (χ4v) is 3.42. The maximum Gasteiger partial charge on any atom is 0.260 e. The van der Waals surface area contributed by atoms with E-state index in [4.69, 9.17) is 10.5 Å². The number of hydrogen-bond donors (Lipinski definition) is 1. The molecule has 1 aromatic rings. The van der Waals surface area contributed by atoms with Crippen LogP contribution < -0.4 is 10.5 Å². The first kappa shape index (κ1) is 14.9. The molecule has 5 heteroatoms. The summed E-state index contributed by atoms with van der Waals surface area (Å²) in [6.07, 6.45) is 3.41. The van der Waals surface area contributed by atoms with Crippen molar-refractivity contribution >= 4 is 11.8 Å². The van der Waals surface area contributed by atoms with Crippen molar-refractivity contribution in [2.45, 2.75) is 26.2 Å². The number of carbonyl (C=O) groups excluding carboxylic acids is 2. The number of fused-ring (bicyclic) bond motifs is 1. The van der Waals surface area contributed by atoms with E-state index in [1.54, 1.807) is 4.90 Å². The van der Waals surface area contributed by atoms with E-state index in [0.717, 1.165) is 18.6 Å². The van der Waals surface area contributed by atoms with E-state index in [2.05, 4.69) is 6.07 Å². The van der Waals surface area contributed by atoms with Crippen LogP contribution in [-0.2, 0) is 22.4 Å². The zero-order valence-electron chi connectivity index (χ0n) is 12.9. The third kappa shape index (κ3) is 2.93. The summed E-state index contributed by atoms with van der Waals surface area (Å²) < 4.78 is 5.63. The van der Waals surface area contributed by atoms with E-state index in [0.29, 0.717) is 13.1 Å². The molecule has 3 rings (SSSR count). The number of ether oxygens (including phenoxy) is 1. The van der Waals surface area contributed by atoms with Gasteiger partial charge in [0.15, 0.2) is 6.61 Å². The fourth-order valence-electron chi connectivity index (χ4n) is 3.42. The van der Waals surface area contributed by atoms with Gasteiger partial charge in [-0.2, -0.15) is 0 Å². The minimum absolute atomic E-state index is 0.0109. The molecule has 118 valence electrons. The van der Waals surface area contributed by atoms with E-state index < -0.39 is 0 Å². The van der Waals surface area contributed by atoms with Crippen LogP contribution in [0.5, 0.6) is 5.75 Å². The predicted molar refractivity (Wildman–Crippen MR) is 82.4 cm³/mol. The molecule has 1 saturated heterocycles. The van der Waals surface area contributed by atoms with Crippen molar-refractivity contribution < 1.29 is 14.3 Å². The van der Waals surface area contributed by atoms with E-state index in [1.807, 2.05) is 19.1 Å². The molecular weight excluding hydrogens is 280 g/mol. The second-order valence-corrected chi connectivity index (χ2v) is 6.36. The van der Waals surface area contributed by atoms with Gasteiger partial charge in [0.2, 0.25) is 5.91 Å². The lowest BCUT2D eigenvalue weighted by Gasteiger charge is -2.16. The van der Waals surface area contributed by atoms with Crippen molar-refractivity contribution in [3.8, 4) is 5.75 Å². The Balaban J connectivity index is 1.56. The van der Waals surface area contributed by atoms with Gasteiger partial charge in [-0.1, -0.05) is 13.0 Å². The number of rotatable bonds is 4.